The highest BCUT2D eigenvalue weighted by molar-refractivity contribution is 5.76. The molecule has 0 aromatic carbocycles. The molecule has 8 nitrogen and oxygen atoms in total. The van der Waals surface area contributed by atoms with Gasteiger partial charge < -0.3 is 14.4 Å². The van der Waals surface area contributed by atoms with Crippen molar-refractivity contribution in [3.8, 4) is 23.1 Å². The molecule has 3 fully saturated rings. The van der Waals surface area contributed by atoms with E-state index in [0.29, 0.717) is 48.1 Å². The van der Waals surface area contributed by atoms with Crippen LogP contribution in [0.4, 0.5) is 10.1 Å². The van der Waals surface area contributed by atoms with Crippen LogP contribution >= 0.6 is 0 Å². The van der Waals surface area contributed by atoms with Gasteiger partial charge in [-0.05, 0) is 24.8 Å². The van der Waals surface area contributed by atoms with Crippen LogP contribution in [0.3, 0.4) is 0 Å². The molecule has 2 bridgehead atoms. The van der Waals surface area contributed by atoms with Crippen molar-refractivity contribution in [2.24, 2.45) is 5.92 Å². The highest BCUT2D eigenvalue weighted by Crippen LogP contribution is 2.48. The minimum Gasteiger partial charge on any atom is -0.480 e. The number of hydrogen-bond acceptors (Lipinski definition) is 7. The van der Waals surface area contributed by atoms with Gasteiger partial charge in [-0.2, -0.15) is 10.1 Å². The van der Waals surface area contributed by atoms with Crippen LogP contribution in [0.15, 0.2) is 24.7 Å². The highest BCUT2D eigenvalue weighted by Gasteiger charge is 2.51. The van der Waals surface area contributed by atoms with E-state index in [1.807, 2.05) is 6.07 Å². The zero-order valence-corrected chi connectivity index (χ0v) is 15.1. The van der Waals surface area contributed by atoms with Crippen molar-refractivity contribution < 1.29 is 13.9 Å². The Morgan fingerprint density at radius 1 is 1.22 bits per heavy atom. The molecule has 3 aromatic heterocycles. The molecule has 0 atom stereocenters. The fraction of sp³-hybridized carbons (Fsp3) is 0.444. The van der Waals surface area contributed by atoms with Gasteiger partial charge in [0.2, 0.25) is 5.88 Å². The zero-order valence-electron chi connectivity index (χ0n) is 15.1. The number of hydrogen-bond donors (Lipinski definition) is 0. The van der Waals surface area contributed by atoms with E-state index in [4.69, 9.17) is 9.47 Å². The van der Waals surface area contributed by atoms with E-state index in [-0.39, 0.29) is 6.01 Å². The lowest BCUT2D eigenvalue weighted by Crippen LogP contribution is -2.58. The molecular weight excluding hydrogens is 351 g/mol. The monoisotopic (exact) mass is 370 g/mol. The molecule has 1 aliphatic carbocycles. The van der Waals surface area contributed by atoms with Gasteiger partial charge in [0.1, 0.15) is 11.4 Å². The second kappa shape index (κ2) is 5.77. The van der Waals surface area contributed by atoms with E-state index in [9.17, 15) is 4.39 Å². The van der Waals surface area contributed by atoms with Gasteiger partial charge in [-0.15, -0.1) is 0 Å². The van der Waals surface area contributed by atoms with E-state index < -0.39 is 5.67 Å². The molecule has 2 aliphatic heterocycles. The Morgan fingerprint density at radius 2 is 2.07 bits per heavy atom. The minimum atomic E-state index is -1.09. The predicted molar refractivity (Wildman–Crippen MR) is 95.9 cm³/mol. The molecule has 0 N–H and O–H groups in total. The fourth-order valence-electron chi connectivity index (χ4n) is 4.18. The number of nitrogens with zero attached hydrogens (tertiary/aromatic N) is 6. The van der Waals surface area contributed by atoms with Gasteiger partial charge in [0.25, 0.3) is 0 Å². The van der Waals surface area contributed by atoms with Crippen molar-refractivity contribution in [3.63, 3.8) is 0 Å². The summed E-state index contributed by atoms with van der Waals surface area (Å²) in [6.45, 7) is 1.21. The first kappa shape index (κ1) is 16.2. The summed E-state index contributed by atoms with van der Waals surface area (Å²) in [5, 5.41) is 4.61. The lowest BCUT2D eigenvalue weighted by Gasteiger charge is -2.52. The number of halogens is 1. The van der Waals surface area contributed by atoms with Gasteiger partial charge >= 0.3 is 6.01 Å². The largest absolute Gasteiger partial charge is 0.480 e. The lowest BCUT2D eigenvalue weighted by molar-refractivity contribution is -0.00901. The average Bonchev–Trinajstić information content (AvgIpc) is 3.14. The van der Waals surface area contributed by atoms with Crippen molar-refractivity contribution in [3.05, 3.63) is 24.7 Å². The number of ether oxygens (including phenoxy) is 2. The van der Waals surface area contributed by atoms with Crippen LogP contribution in [0.2, 0.25) is 0 Å². The Kier molecular flexibility index (Phi) is 3.46. The van der Waals surface area contributed by atoms with E-state index in [2.05, 4.69) is 25.0 Å². The molecule has 2 saturated heterocycles. The molecule has 27 heavy (non-hydrogen) atoms. The number of alkyl halides is 1. The van der Waals surface area contributed by atoms with Crippen LogP contribution in [-0.4, -0.2) is 57.5 Å². The Balaban J connectivity index is 1.63. The summed E-state index contributed by atoms with van der Waals surface area (Å²) in [4.78, 5) is 14.9. The fourth-order valence-corrected chi connectivity index (χ4v) is 4.18. The molecule has 9 heteroatoms. The van der Waals surface area contributed by atoms with Gasteiger partial charge in [0.05, 0.1) is 32.0 Å². The molecule has 5 heterocycles. The summed E-state index contributed by atoms with van der Waals surface area (Å²) in [6, 6.07) is 2.12. The number of piperidine rings is 2. The highest BCUT2D eigenvalue weighted by atomic mass is 19.1. The number of fused-ring (bicyclic) bond motifs is 3. The second-order valence-electron chi connectivity index (χ2n) is 7.20. The van der Waals surface area contributed by atoms with Gasteiger partial charge in [-0.1, -0.05) is 0 Å². The van der Waals surface area contributed by atoms with Crippen LogP contribution in [0.5, 0.6) is 11.9 Å². The Bertz CT molecular complexity index is 1020. The van der Waals surface area contributed by atoms with Gasteiger partial charge in [0, 0.05) is 25.1 Å². The van der Waals surface area contributed by atoms with Crippen molar-refractivity contribution >= 4 is 11.3 Å². The molecule has 3 aromatic rings. The maximum absolute atomic E-state index is 14.7. The van der Waals surface area contributed by atoms with Crippen molar-refractivity contribution in [2.45, 2.75) is 18.5 Å². The van der Waals surface area contributed by atoms with Crippen LogP contribution in [0.1, 0.15) is 12.8 Å². The van der Waals surface area contributed by atoms with E-state index in [1.54, 1.807) is 23.1 Å². The molecular formula is C18H19FN6O2. The first-order valence-corrected chi connectivity index (χ1v) is 8.82. The molecule has 140 valence electrons. The molecule has 0 amide bonds. The van der Waals surface area contributed by atoms with Crippen LogP contribution < -0.4 is 14.4 Å². The van der Waals surface area contributed by atoms with E-state index in [0.717, 1.165) is 12.2 Å². The topological polar surface area (TPSA) is 77.7 Å². The molecule has 0 spiro atoms. The number of methoxy groups -OCH3 is 2. The maximum Gasteiger partial charge on any atom is 0.319 e. The quantitative estimate of drug-likeness (QED) is 0.696. The van der Waals surface area contributed by atoms with Crippen LogP contribution in [0, 0.1) is 5.92 Å². The van der Waals surface area contributed by atoms with Gasteiger partial charge in [-0.25, -0.2) is 18.9 Å². The third-order valence-corrected chi connectivity index (χ3v) is 5.33. The normalized spacial score (nSPS) is 24.0. The predicted octanol–water partition coefficient (Wildman–Crippen LogP) is 2.14. The number of anilines is 1. The lowest BCUT2D eigenvalue weighted by atomic mass is 9.68. The standard InChI is InChI=1S/C18H19FN6O2/c1-26-16-12(8-21-17(22-16)27-2)13-5-14(15-20-3-4-25(15)23-13)24-9-11-6-18(19,7-11)10-24/h3-5,8,11H,6-7,9-10H2,1-2H3. The van der Waals surface area contributed by atoms with Crippen LogP contribution in [-0.2, 0) is 0 Å². The smallest absolute Gasteiger partial charge is 0.319 e. The van der Waals surface area contributed by atoms with Crippen molar-refractivity contribution in [1.29, 1.82) is 0 Å². The summed E-state index contributed by atoms with van der Waals surface area (Å²) < 4.78 is 26.8. The minimum absolute atomic E-state index is 0.218. The summed E-state index contributed by atoms with van der Waals surface area (Å²) in [5.74, 6) is 0.762. The Hall–Kier alpha value is -2.97. The summed E-state index contributed by atoms with van der Waals surface area (Å²) in [7, 11) is 3.03. The van der Waals surface area contributed by atoms with Crippen molar-refractivity contribution in [1.82, 2.24) is 24.6 Å². The molecule has 1 saturated carbocycles. The first-order valence-electron chi connectivity index (χ1n) is 8.82. The van der Waals surface area contributed by atoms with Crippen LogP contribution in [0.25, 0.3) is 16.9 Å². The first-order chi connectivity index (χ1) is 13.1. The SMILES string of the molecule is COc1ncc(-c2cc(N3CC4CC(F)(C4)C3)c3nccn3n2)c(OC)n1. The Morgan fingerprint density at radius 3 is 2.81 bits per heavy atom. The van der Waals surface area contributed by atoms with Crippen molar-refractivity contribution in [2.75, 3.05) is 32.2 Å². The average molecular weight is 370 g/mol. The third-order valence-electron chi connectivity index (χ3n) is 5.33. The second-order valence-corrected chi connectivity index (χ2v) is 7.20. The Labute approximate surface area is 155 Å². The molecule has 0 unspecified atom stereocenters. The molecule has 6 rings (SSSR count). The molecule has 3 aliphatic rings. The number of rotatable bonds is 4. The number of imidazole rings is 1. The summed E-state index contributed by atoms with van der Waals surface area (Å²) in [6.07, 6.45) is 6.39. The van der Waals surface area contributed by atoms with Gasteiger partial charge in [0.15, 0.2) is 5.65 Å². The van der Waals surface area contributed by atoms with E-state index >= 15 is 0 Å². The van der Waals surface area contributed by atoms with Gasteiger partial charge in [-0.3, -0.25) is 0 Å². The maximum atomic E-state index is 14.7. The molecule has 0 radical (unpaired) electrons. The summed E-state index contributed by atoms with van der Waals surface area (Å²) in [5.41, 5.74) is 1.73. The summed E-state index contributed by atoms with van der Waals surface area (Å²) >= 11 is 0. The third kappa shape index (κ3) is 2.56. The van der Waals surface area contributed by atoms with E-state index in [1.165, 1.54) is 14.2 Å². The number of aromatic nitrogens is 5. The zero-order chi connectivity index (χ0) is 18.6.